The van der Waals surface area contributed by atoms with Crippen molar-refractivity contribution in [1.82, 2.24) is 20.4 Å². The lowest BCUT2D eigenvalue weighted by Crippen LogP contribution is -2.61. The predicted molar refractivity (Wildman–Crippen MR) is 370 cm³/mol. The fraction of sp³-hybridized carbons (Fsp3) is 0.493. The first-order valence-corrected chi connectivity index (χ1v) is 36.2. The van der Waals surface area contributed by atoms with Crippen LogP contribution in [0.1, 0.15) is 84.8 Å². The number of hydrogen-bond donors (Lipinski definition) is 14. The van der Waals surface area contributed by atoms with Crippen molar-refractivity contribution in [3.05, 3.63) is 84.0 Å². The number of esters is 2. The summed E-state index contributed by atoms with van der Waals surface area (Å²) >= 11 is 0. The molecule has 0 aromatic heterocycles. The SMILES string of the molecule is CC(C)(C)C(=O)OC/C=C/c1ccc(O[C@@H]2O[C@H](C(=O)O)[C@@H](O)[C@H](O)[C@H]2O)c(NC(=O)CCNC(=O)[C@@H](CC(=O)CCN2C(=O)C=CC2=O)CS(=O)(=O)O)c1.CC(C)(C)C(=O)OC/C=C/c1ccc(O[C@@H]2O[C@H](C(=O)O)[C@@H](O)[C@H](O)[C@H]2O)c(NC(=O)CCNC(=O)[C@@H](CC(=O)CN2C(=O)C=CC2=O)CS(=O)(=O)O)c1. The number of carbonyl (C=O) groups excluding carboxylic acids is 12. The number of carbonyl (C=O) groups is 14. The van der Waals surface area contributed by atoms with E-state index in [2.05, 4.69) is 21.3 Å². The van der Waals surface area contributed by atoms with Crippen molar-refractivity contribution in [2.75, 3.05) is 61.5 Å². The normalized spacial score (nSPS) is 22.1. The molecule has 4 heterocycles. The number of nitrogens with one attached hydrogen (secondary N) is 4. The zero-order valence-electron chi connectivity index (χ0n) is 59.2. The van der Waals surface area contributed by atoms with Crippen LogP contribution in [0.25, 0.3) is 12.2 Å². The van der Waals surface area contributed by atoms with E-state index in [1.165, 1.54) is 60.7 Å². The largest absolute Gasteiger partial charge is 0.479 e. The molecule has 109 heavy (non-hydrogen) atoms. The smallest absolute Gasteiger partial charge is 0.335 e. The number of ether oxygens (including phenoxy) is 6. The Morgan fingerprint density at radius 1 is 0.514 bits per heavy atom. The fourth-order valence-corrected chi connectivity index (χ4v) is 11.5. The zero-order chi connectivity index (χ0) is 81.8. The molecule has 2 aromatic rings. The highest BCUT2D eigenvalue weighted by Crippen LogP contribution is 2.34. The second-order valence-corrected chi connectivity index (χ2v) is 29.8. The minimum atomic E-state index is -4.79. The van der Waals surface area contributed by atoms with Gasteiger partial charge >= 0.3 is 23.9 Å². The van der Waals surface area contributed by atoms with Crippen LogP contribution < -0.4 is 30.7 Å². The molecule has 0 spiro atoms. The summed E-state index contributed by atoms with van der Waals surface area (Å²) in [6.07, 6.45) is -12.4. The number of ketones is 2. The third kappa shape index (κ3) is 28.1. The molecule has 0 saturated carbocycles. The Balaban J connectivity index is 0.000000391. The van der Waals surface area contributed by atoms with Crippen molar-refractivity contribution < 1.29 is 162 Å². The number of hydrogen-bond acceptors (Lipinski definition) is 30. The fourth-order valence-electron chi connectivity index (χ4n) is 9.94. The lowest BCUT2D eigenvalue weighted by molar-refractivity contribution is -0.271. The van der Waals surface area contributed by atoms with Crippen molar-refractivity contribution in [2.24, 2.45) is 22.7 Å². The van der Waals surface area contributed by atoms with Crippen LogP contribution in [0.2, 0.25) is 0 Å². The Kier molecular flexibility index (Phi) is 32.3. The maximum atomic E-state index is 13.0. The van der Waals surface area contributed by atoms with Crippen molar-refractivity contribution in [2.45, 2.75) is 135 Å². The van der Waals surface area contributed by atoms with Crippen molar-refractivity contribution in [3.63, 3.8) is 0 Å². The number of amides is 8. The Bertz CT molecular complexity index is 4110. The molecular formula is C67H84N6O34S2. The van der Waals surface area contributed by atoms with Gasteiger partial charge in [-0.1, -0.05) is 24.3 Å². The van der Waals surface area contributed by atoms with Gasteiger partial charge in [-0.05, 0) is 89.1 Å². The summed E-state index contributed by atoms with van der Waals surface area (Å²) in [6.45, 7) is 7.92. The van der Waals surface area contributed by atoms with Crippen LogP contribution in [-0.4, -0.2) is 272 Å². The maximum absolute atomic E-state index is 13.0. The molecule has 40 nitrogen and oxygen atoms in total. The van der Waals surface area contributed by atoms with Gasteiger partial charge in [-0.2, -0.15) is 16.8 Å². The second kappa shape index (κ2) is 39.3. The van der Waals surface area contributed by atoms with E-state index in [0.29, 0.717) is 16.0 Å². The van der Waals surface area contributed by atoms with Crippen molar-refractivity contribution in [1.29, 1.82) is 0 Å². The number of carboxylic acid groups (broad SMARTS) is 2. The highest BCUT2D eigenvalue weighted by Gasteiger charge is 2.50. The molecule has 0 radical (unpaired) electrons. The number of benzene rings is 2. The molecule has 42 heteroatoms. The van der Waals surface area contributed by atoms with Gasteiger partial charge in [-0.25, -0.2) is 9.59 Å². The van der Waals surface area contributed by atoms with E-state index in [4.69, 9.17) is 28.4 Å². The third-order valence-electron chi connectivity index (χ3n) is 15.7. The van der Waals surface area contributed by atoms with Crippen LogP contribution >= 0.6 is 0 Å². The summed E-state index contributed by atoms with van der Waals surface area (Å²) in [7, 11) is -9.55. The van der Waals surface area contributed by atoms with E-state index in [1.807, 2.05) is 0 Å². The minimum absolute atomic E-state index is 0.0894. The summed E-state index contributed by atoms with van der Waals surface area (Å²) in [5.41, 5.74) is -0.856. The van der Waals surface area contributed by atoms with Gasteiger partial charge in [-0.15, -0.1) is 0 Å². The third-order valence-corrected chi connectivity index (χ3v) is 17.3. The number of aliphatic hydroxyl groups excluding tert-OH is 6. The number of carboxylic acids is 2. The highest BCUT2D eigenvalue weighted by atomic mass is 32.2. The molecule has 2 aromatic carbocycles. The number of rotatable bonds is 35. The molecule has 0 bridgehead atoms. The first-order chi connectivity index (χ1) is 50.6. The lowest BCUT2D eigenvalue weighted by Gasteiger charge is -2.38. The minimum Gasteiger partial charge on any atom is -0.479 e. The van der Waals surface area contributed by atoms with Crippen LogP contribution in [0.5, 0.6) is 11.5 Å². The van der Waals surface area contributed by atoms with E-state index < -0.39 is 250 Å². The van der Waals surface area contributed by atoms with Gasteiger partial charge in [0.25, 0.3) is 43.9 Å². The lowest BCUT2D eigenvalue weighted by atomic mass is 9.97. The first-order valence-electron chi connectivity index (χ1n) is 32.9. The molecule has 4 aliphatic heterocycles. The van der Waals surface area contributed by atoms with Gasteiger partial charge in [0.15, 0.2) is 18.0 Å². The van der Waals surface area contributed by atoms with E-state index in [0.717, 1.165) is 29.2 Å². The summed E-state index contributed by atoms with van der Waals surface area (Å²) in [5, 5.41) is 89.6. The quantitative estimate of drug-likeness (QED) is 0.0188. The van der Waals surface area contributed by atoms with Crippen LogP contribution in [0, 0.1) is 22.7 Å². The standard InChI is InChI=1S/C34H43N3O17S.C33H41N3O17S/c1-34(2,3)33(48)52-14-4-5-18-6-7-22(53-32-28(44)26(42)27(43)29(54-32)31(46)47)21(15-18)36-23(39)10-12-35-30(45)19(17-55(49,50)51)16-20(38)11-13-37-24(40)8-9-25(37)41;1-33(2,3)32(47)51-12-4-5-17-6-7-21(52-31-27(43)25(41)26(42)28(53-31)30(45)46)20(13-17)35-22(38)10-11-34-29(44)18(16-54(48,49)50)14-19(37)15-36-23(39)8-9-24(36)40/h4-9,15,19,26-29,32,42-44H,10-14,16-17H2,1-3H3,(H,35,45)(H,36,39)(H,46,47)(H,49,50,51);4-9,13,18,25-28,31,41-43H,10-12,14-16H2,1-3H3,(H,34,44)(H,35,38)(H,45,46)(H,48,49,50)/b2*5-4+/t19-,26-,27-,28+,29-,32+;18-,25-,26-,27+,28-,31+/m00/s1. The molecule has 2 saturated heterocycles. The number of Topliss-reactive ketones (excluding diaryl/α,β-unsaturated/α-hetero) is 2. The average molecular weight is 1580 g/mol. The molecule has 6 rings (SSSR count). The Hall–Kier alpha value is -10.1. The number of aliphatic carboxylic acids is 2. The molecule has 8 amide bonds. The van der Waals surface area contributed by atoms with Crippen LogP contribution in [0.3, 0.4) is 0 Å². The van der Waals surface area contributed by atoms with Crippen LogP contribution in [0.15, 0.2) is 72.9 Å². The summed E-state index contributed by atoms with van der Waals surface area (Å²) in [6, 6.07) is 8.25. The Morgan fingerprint density at radius 2 is 0.872 bits per heavy atom. The van der Waals surface area contributed by atoms with Crippen molar-refractivity contribution in [3.8, 4) is 11.5 Å². The first kappa shape index (κ1) is 89.5. The zero-order valence-corrected chi connectivity index (χ0v) is 60.8. The predicted octanol–water partition coefficient (Wildman–Crippen LogP) is -2.82. The second-order valence-electron chi connectivity index (χ2n) is 26.8. The number of aliphatic hydroxyl groups is 6. The van der Waals surface area contributed by atoms with Crippen LogP contribution in [0.4, 0.5) is 11.4 Å². The van der Waals surface area contributed by atoms with Crippen molar-refractivity contribution >= 4 is 126 Å². The number of anilines is 2. The number of imide groups is 2. The van der Waals surface area contributed by atoms with Gasteiger partial charge in [0.05, 0.1) is 52.1 Å². The summed E-state index contributed by atoms with van der Waals surface area (Å²) in [4.78, 5) is 172. The summed E-state index contributed by atoms with van der Waals surface area (Å²) in [5.74, 6) is -18.2. The van der Waals surface area contributed by atoms with Gasteiger partial charge in [0, 0.05) is 76.0 Å². The molecule has 12 atom stereocenters. The highest BCUT2D eigenvalue weighted by molar-refractivity contribution is 7.86. The van der Waals surface area contributed by atoms with E-state index in [-0.39, 0.29) is 42.6 Å². The maximum Gasteiger partial charge on any atom is 0.335 e. The molecule has 0 aliphatic carbocycles. The van der Waals surface area contributed by atoms with E-state index >= 15 is 0 Å². The topological polar surface area (TPSA) is 620 Å². The Morgan fingerprint density at radius 3 is 1.22 bits per heavy atom. The molecule has 14 N–H and O–H groups in total. The Labute approximate surface area is 621 Å². The molecule has 0 unspecified atom stereocenters. The molecule has 598 valence electrons. The van der Waals surface area contributed by atoms with Gasteiger partial charge in [0.1, 0.15) is 67.1 Å². The molecular weight excluding hydrogens is 1500 g/mol. The van der Waals surface area contributed by atoms with Crippen LogP contribution in [-0.2, 0) is 106 Å². The monoisotopic (exact) mass is 1580 g/mol. The number of nitrogens with zero attached hydrogens (tertiary/aromatic N) is 2. The van der Waals surface area contributed by atoms with Gasteiger partial charge < -0.3 is 90.5 Å². The summed E-state index contributed by atoms with van der Waals surface area (Å²) < 4.78 is 97.0. The molecule has 2 fully saturated rings. The van der Waals surface area contributed by atoms with Gasteiger partial charge in [0.2, 0.25) is 36.2 Å². The van der Waals surface area contributed by atoms with Gasteiger partial charge in [-0.3, -0.25) is 76.4 Å². The van der Waals surface area contributed by atoms with E-state index in [1.54, 1.807) is 41.5 Å². The molecule has 4 aliphatic rings. The average Bonchev–Trinajstić information content (AvgIpc) is 1.55. The van der Waals surface area contributed by atoms with E-state index in [9.17, 15) is 134 Å².